The minimum atomic E-state index is 0.224. The highest BCUT2D eigenvalue weighted by atomic mass is 16.1. The van der Waals surface area contributed by atoms with Crippen LogP contribution in [0.5, 0.6) is 0 Å². The van der Waals surface area contributed by atoms with Crippen molar-refractivity contribution in [3.05, 3.63) is 11.6 Å². The third kappa shape index (κ3) is 1.58. The van der Waals surface area contributed by atoms with Crippen LogP contribution in [0.15, 0.2) is 11.6 Å². The van der Waals surface area contributed by atoms with Crippen LogP contribution < -0.4 is 0 Å². The molecule has 0 aromatic carbocycles. The number of hydrogen-bond donors (Lipinski definition) is 0. The minimum absolute atomic E-state index is 0.224. The predicted octanol–water partition coefficient (Wildman–Crippen LogP) is 4.91. The smallest absolute Gasteiger partial charge is 0.137 e. The Morgan fingerprint density at radius 1 is 1.15 bits per heavy atom. The van der Waals surface area contributed by atoms with Crippen LogP contribution in [0, 0.1) is 28.6 Å². The summed E-state index contributed by atoms with van der Waals surface area (Å²) in [6, 6.07) is 0. The van der Waals surface area contributed by atoms with Crippen LogP contribution in [0.2, 0.25) is 0 Å². The lowest BCUT2D eigenvalue weighted by Crippen LogP contribution is -2.52. The van der Waals surface area contributed by atoms with Gasteiger partial charge in [0.2, 0.25) is 0 Å². The van der Waals surface area contributed by atoms with Crippen molar-refractivity contribution in [2.45, 2.75) is 71.6 Å². The van der Waals surface area contributed by atoms with Gasteiger partial charge in [0.05, 0.1) is 0 Å². The number of carbonyl (C=O) groups is 1. The Labute approximate surface area is 123 Å². The fourth-order valence-corrected chi connectivity index (χ4v) is 6.54. The first kappa shape index (κ1) is 13.1. The largest absolute Gasteiger partial charge is 0.299 e. The van der Waals surface area contributed by atoms with Crippen molar-refractivity contribution in [2.75, 3.05) is 0 Å². The van der Waals surface area contributed by atoms with E-state index in [0.717, 1.165) is 12.3 Å². The first-order chi connectivity index (χ1) is 9.55. The van der Waals surface area contributed by atoms with Gasteiger partial charge < -0.3 is 0 Å². The lowest BCUT2D eigenvalue weighted by molar-refractivity contribution is -0.141. The highest BCUT2D eigenvalue weighted by Gasteiger charge is 2.58. The SMILES string of the molecule is C[C@@]12CCC[C@H]1[C@@H]1CC=C3CCCC[C@]3(C)[C@H]1C(=O)C2. The molecule has 1 heteroatoms. The van der Waals surface area contributed by atoms with Crippen LogP contribution in [-0.4, -0.2) is 5.78 Å². The van der Waals surface area contributed by atoms with Crippen molar-refractivity contribution in [1.82, 2.24) is 0 Å². The molecule has 3 fully saturated rings. The summed E-state index contributed by atoms with van der Waals surface area (Å²) in [5, 5.41) is 0. The Kier molecular flexibility index (Phi) is 2.76. The average molecular weight is 272 g/mol. The van der Waals surface area contributed by atoms with Crippen LogP contribution >= 0.6 is 0 Å². The van der Waals surface area contributed by atoms with Gasteiger partial charge in [0.1, 0.15) is 5.78 Å². The van der Waals surface area contributed by atoms with Gasteiger partial charge in [0, 0.05) is 12.3 Å². The molecule has 0 radical (unpaired) electrons. The van der Waals surface area contributed by atoms with Crippen molar-refractivity contribution in [3.63, 3.8) is 0 Å². The molecule has 0 aromatic rings. The Morgan fingerprint density at radius 2 is 2.00 bits per heavy atom. The van der Waals surface area contributed by atoms with Gasteiger partial charge in [-0.25, -0.2) is 0 Å². The summed E-state index contributed by atoms with van der Waals surface area (Å²) in [7, 11) is 0. The maximum absolute atomic E-state index is 13.0. The number of Topliss-reactive ketones (excluding diaryl/α,β-unsaturated/α-hetero) is 1. The quantitative estimate of drug-likeness (QED) is 0.573. The zero-order valence-corrected chi connectivity index (χ0v) is 13.1. The molecule has 5 atom stereocenters. The number of carbonyl (C=O) groups excluding carboxylic acids is 1. The van der Waals surface area contributed by atoms with Crippen LogP contribution in [0.1, 0.15) is 71.6 Å². The second kappa shape index (κ2) is 4.21. The predicted molar refractivity (Wildman–Crippen MR) is 81.3 cm³/mol. The molecule has 0 unspecified atom stereocenters. The van der Waals surface area contributed by atoms with E-state index in [1.54, 1.807) is 5.57 Å². The van der Waals surface area contributed by atoms with E-state index in [1.165, 1.54) is 51.4 Å². The Bertz CT molecular complexity index is 476. The number of fused-ring (bicyclic) bond motifs is 5. The molecule has 0 heterocycles. The highest BCUT2D eigenvalue weighted by Crippen LogP contribution is 2.63. The molecule has 110 valence electrons. The van der Waals surface area contributed by atoms with Gasteiger partial charge in [-0.15, -0.1) is 0 Å². The van der Waals surface area contributed by atoms with E-state index in [4.69, 9.17) is 0 Å². The average Bonchev–Trinajstić information content (AvgIpc) is 2.78. The van der Waals surface area contributed by atoms with Gasteiger partial charge in [-0.05, 0) is 61.2 Å². The van der Waals surface area contributed by atoms with E-state index in [2.05, 4.69) is 19.9 Å². The summed E-state index contributed by atoms with van der Waals surface area (Å²) in [4.78, 5) is 13.0. The summed E-state index contributed by atoms with van der Waals surface area (Å²) in [6.45, 7) is 4.82. The van der Waals surface area contributed by atoms with E-state index in [9.17, 15) is 4.79 Å². The van der Waals surface area contributed by atoms with Crippen molar-refractivity contribution in [3.8, 4) is 0 Å². The monoisotopic (exact) mass is 272 g/mol. The maximum atomic E-state index is 13.0. The van der Waals surface area contributed by atoms with Gasteiger partial charge in [-0.2, -0.15) is 0 Å². The highest BCUT2D eigenvalue weighted by molar-refractivity contribution is 5.84. The topological polar surface area (TPSA) is 17.1 Å². The second-order valence-electron chi connectivity index (χ2n) is 8.53. The van der Waals surface area contributed by atoms with Crippen molar-refractivity contribution in [1.29, 1.82) is 0 Å². The molecule has 0 saturated heterocycles. The summed E-state index contributed by atoms with van der Waals surface area (Å²) >= 11 is 0. The van der Waals surface area contributed by atoms with Gasteiger partial charge in [-0.3, -0.25) is 4.79 Å². The van der Waals surface area contributed by atoms with E-state index in [1.807, 2.05) is 0 Å². The fraction of sp³-hybridized carbons (Fsp3) is 0.842. The molecule has 0 N–H and O–H groups in total. The molecule has 4 aliphatic rings. The van der Waals surface area contributed by atoms with Gasteiger partial charge >= 0.3 is 0 Å². The lowest BCUT2D eigenvalue weighted by atomic mass is 9.48. The summed E-state index contributed by atoms with van der Waals surface area (Å²) in [6.07, 6.45) is 13.8. The van der Waals surface area contributed by atoms with Crippen LogP contribution in [0.4, 0.5) is 0 Å². The number of allylic oxidation sites excluding steroid dienone is 2. The first-order valence-electron chi connectivity index (χ1n) is 8.77. The Hall–Kier alpha value is -0.590. The Balaban J connectivity index is 1.77. The van der Waals surface area contributed by atoms with Gasteiger partial charge in [-0.1, -0.05) is 38.3 Å². The molecular formula is C19H28O. The molecule has 1 nitrogen and oxygen atoms in total. The fourth-order valence-electron chi connectivity index (χ4n) is 6.54. The first-order valence-corrected chi connectivity index (χ1v) is 8.77. The Morgan fingerprint density at radius 3 is 2.85 bits per heavy atom. The molecule has 0 spiro atoms. The summed E-state index contributed by atoms with van der Waals surface area (Å²) in [5.74, 6) is 2.46. The van der Waals surface area contributed by atoms with Crippen molar-refractivity contribution < 1.29 is 4.79 Å². The zero-order valence-electron chi connectivity index (χ0n) is 13.1. The van der Waals surface area contributed by atoms with Gasteiger partial charge in [0.25, 0.3) is 0 Å². The molecule has 0 aliphatic heterocycles. The molecule has 0 amide bonds. The molecular weight excluding hydrogens is 244 g/mol. The zero-order chi connectivity index (χ0) is 14.0. The van der Waals surface area contributed by atoms with E-state index in [-0.39, 0.29) is 5.41 Å². The minimum Gasteiger partial charge on any atom is -0.299 e. The van der Waals surface area contributed by atoms with E-state index < -0.39 is 0 Å². The number of ketones is 1. The number of rotatable bonds is 0. The standard InChI is InChI=1S/C19H28O/c1-18-10-5-7-15(18)14-9-8-13-6-3-4-11-19(13,2)17(14)16(20)12-18/h8,14-15,17H,3-7,9-12H2,1-2H3/t14-,15-,17+,18-,19-/m0/s1. The molecule has 0 aromatic heterocycles. The second-order valence-corrected chi connectivity index (χ2v) is 8.53. The summed E-state index contributed by atoms with van der Waals surface area (Å²) in [5.41, 5.74) is 2.21. The molecule has 4 rings (SSSR count). The maximum Gasteiger partial charge on any atom is 0.137 e. The van der Waals surface area contributed by atoms with Crippen LogP contribution in [0.25, 0.3) is 0 Å². The van der Waals surface area contributed by atoms with Crippen LogP contribution in [0.3, 0.4) is 0 Å². The molecule has 4 aliphatic carbocycles. The molecule has 3 saturated carbocycles. The van der Waals surface area contributed by atoms with Crippen molar-refractivity contribution in [2.24, 2.45) is 28.6 Å². The normalized spacial score (nSPS) is 51.0. The third-order valence-corrected chi connectivity index (χ3v) is 7.48. The van der Waals surface area contributed by atoms with E-state index >= 15 is 0 Å². The molecule has 20 heavy (non-hydrogen) atoms. The van der Waals surface area contributed by atoms with Gasteiger partial charge in [0.15, 0.2) is 0 Å². The summed E-state index contributed by atoms with van der Waals surface area (Å²) < 4.78 is 0. The van der Waals surface area contributed by atoms with Crippen LogP contribution in [-0.2, 0) is 4.79 Å². The molecule has 0 bridgehead atoms. The number of hydrogen-bond acceptors (Lipinski definition) is 1. The third-order valence-electron chi connectivity index (χ3n) is 7.48. The van der Waals surface area contributed by atoms with E-state index in [0.29, 0.717) is 23.0 Å². The lowest BCUT2D eigenvalue weighted by Gasteiger charge is -2.55. The van der Waals surface area contributed by atoms with Crippen molar-refractivity contribution >= 4 is 5.78 Å².